The highest BCUT2D eigenvalue weighted by Crippen LogP contribution is 2.33. The topological polar surface area (TPSA) is 119 Å². The van der Waals surface area contributed by atoms with Gasteiger partial charge in [0.1, 0.15) is 0 Å². The predicted octanol–water partition coefficient (Wildman–Crippen LogP) is 2.27. The summed E-state index contributed by atoms with van der Waals surface area (Å²) in [5.41, 5.74) is 10.7. The smallest absolute Gasteiger partial charge is 0.222 e. The molecule has 0 unspecified atom stereocenters. The van der Waals surface area contributed by atoms with Gasteiger partial charge in [-0.25, -0.2) is 10.8 Å². The molecular formula is C16H17N5O2. The Kier molecular flexibility index (Phi) is 3.86. The van der Waals surface area contributed by atoms with Gasteiger partial charge in [-0.05, 0) is 42.3 Å². The number of fused-ring (bicyclic) bond motifs is 1. The number of benzene rings is 2. The molecule has 0 atom stereocenters. The third-order valence-corrected chi connectivity index (χ3v) is 3.44. The second kappa shape index (κ2) is 5.98. The van der Waals surface area contributed by atoms with E-state index in [9.17, 15) is 5.11 Å². The van der Waals surface area contributed by atoms with E-state index < -0.39 is 0 Å². The van der Waals surface area contributed by atoms with Crippen LogP contribution in [0.3, 0.4) is 0 Å². The van der Waals surface area contributed by atoms with Crippen LogP contribution in [0.1, 0.15) is 6.92 Å². The van der Waals surface area contributed by atoms with Gasteiger partial charge in [-0.15, -0.1) is 0 Å². The third-order valence-electron chi connectivity index (χ3n) is 3.44. The third kappa shape index (κ3) is 2.82. The lowest BCUT2D eigenvalue weighted by Crippen LogP contribution is -2.11. The fourth-order valence-corrected chi connectivity index (χ4v) is 2.40. The van der Waals surface area contributed by atoms with Crippen molar-refractivity contribution in [3.63, 3.8) is 0 Å². The number of hydrogen-bond acceptors (Lipinski definition) is 7. The molecule has 0 fully saturated rings. The van der Waals surface area contributed by atoms with Crippen molar-refractivity contribution in [1.29, 1.82) is 0 Å². The van der Waals surface area contributed by atoms with E-state index in [1.165, 1.54) is 0 Å². The van der Waals surface area contributed by atoms with Crippen LogP contribution in [0.2, 0.25) is 0 Å². The van der Waals surface area contributed by atoms with Gasteiger partial charge in [0.2, 0.25) is 5.95 Å². The number of phenolic OH excluding ortho intramolecular Hbond substituents is 1. The Morgan fingerprint density at radius 3 is 2.61 bits per heavy atom. The minimum absolute atomic E-state index is 0.108. The molecule has 1 heterocycles. The SMILES string of the molecule is CCOc1cc(-c2ccc3nc(N)nc(NN)c3c2)ccc1O. The molecule has 1 aromatic heterocycles. The van der Waals surface area contributed by atoms with Crippen LogP contribution in [-0.2, 0) is 0 Å². The molecule has 3 rings (SSSR count). The van der Waals surface area contributed by atoms with Crippen molar-refractivity contribution in [2.75, 3.05) is 17.8 Å². The maximum atomic E-state index is 9.81. The summed E-state index contributed by atoms with van der Waals surface area (Å²) in [7, 11) is 0. The zero-order valence-electron chi connectivity index (χ0n) is 12.6. The molecule has 6 N–H and O–H groups in total. The van der Waals surface area contributed by atoms with Gasteiger partial charge in [0, 0.05) is 5.39 Å². The summed E-state index contributed by atoms with van der Waals surface area (Å²) < 4.78 is 5.42. The van der Waals surface area contributed by atoms with Crippen LogP contribution in [-0.4, -0.2) is 21.7 Å². The second-order valence-electron chi connectivity index (χ2n) is 4.92. The molecule has 0 saturated heterocycles. The average Bonchev–Trinajstić information content (AvgIpc) is 2.56. The largest absolute Gasteiger partial charge is 0.504 e. The highest BCUT2D eigenvalue weighted by Gasteiger charge is 2.09. The number of nitrogens with zero attached hydrogens (tertiary/aromatic N) is 2. The van der Waals surface area contributed by atoms with E-state index in [0.29, 0.717) is 23.7 Å². The lowest BCUT2D eigenvalue weighted by molar-refractivity contribution is 0.318. The number of phenols is 1. The average molecular weight is 311 g/mol. The van der Waals surface area contributed by atoms with Crippen molar-refractivity contribution in [2.45, 2.75) is 6.92 Å². The van der Waals surface area contributed by atoms with Gasteiger partial charge < -0.3 is 21.0 Å². The molecule has 7 nitrogen and oxygen atoms in total. The summed E-state index contributed by atoms with van der Waals surface area (Å²) in [5, 5.41) is 10.6. The maximum absolute atomic E-state index is 9.81. The number of nitrogens with one attached hydrogen (secondary N) is 1. The van der Waals surface area contributed by atoms with E-state index in [4.69, 9.17) is 16.3 Å². The van der Waals surface area contributed by atoms with Crippen LogP contribution in [0.5, 0.6) is 11.5 Å². The standard InChI is InChI=1S/C16H17N5O2/c1-2-23-14-8-10(4-6-13(14)22)9-3-5-12-11(7-9)15(21-18)20-16(17)19-12/h3-8,22H,2,18H2,1H3,(H3,17,19,20,21). The van der Waals surface area contributed by atoms with Crippen molar-refractivity contribution >= 4 is 22.7 Å². The molecule has 0 aliphatic heterocycles. The predicted molar refractivity (Wildman–Crippen MR) is 90.0 cm³/mol. The number of rotatable bonds is 4. The number of hydrazine groups is 1. The molecule has 23 heavy (non-hydrogen) atoms. The molecule has 3 aromatic rings. The van der Waals surface area contributed by atoms with Crippen molar-refractivity contribution in [2.24, 2.45) is 5.84 Å². The van der Waals surface area contributed by atoms with Crippen LogP contribution in [0.25, 0.3) is 22.0 Å². The summed E-state index contributed by atoms with van der Waals surface area (Å²) >= 11 is 0. The Morgan fingerprint density at radius 2 is 1.87 bits per heavy atom. The summed E-state index contributed by atoms with van der Waals surface area (Å²) in [4.78, 5) is 8.27. The van der Waals surface area contributed by atoms with E-state index in [1.54, 1.807) is 12.1 Å². The lowest BCUT2D eigenvalue weighted by Gasteiger charge is -2.10. The van der Waals surface area contributed by atoms with Crippen LogP contribution >= 0.6 is 0 Å². The Balaban J connectivity index is 2.13. The molecule has 0 amide bonds. The van der Waals surface area contributed by atoms with E-state index in [2.05, 4.69) is 15.4 Å². The summed E-state index contributed by atoms with van der Waals surface area (Å²) in [6.45, 7) is 2.34. The number of aromatic nitrogens is 2. The summed E-state index contributed by atoms with van der Waals surface area (Å²) in [5.74, 6) is 6.67. The molecule has 0 saturated carbocycles. The van der Waals surface area contributed by atoms with Crippen LogP contribution in [0, 0.1) is 0 Å². The first kappa shape index (κ1) is 14.9. The molecule has 2 aromatic carbocycles. The van der Waals surface area contributed by atoms with Gasteiger partial charge >= 0.3 is 0 Å². The highest BCUT2D eigenvalue weighted by molar-refractivity contribution is 5.93. The van der Waals surface area contributed by atoms with Gasteiger partial charge in [-0.3, -0.25) is 0 Å². The number of hydrogen-bond donors (Lipinski definition) is 4. The fourth-order valence-electron chi connectivity index (χ4n) is 2.40. The molecule has 0 aliphatic carbocycles. The van der Waals surface area contributed by atoms with E-state index in [1.807, 2.05) is 31.2 Å². The Hall–Kier alpha value is -3.06. The summed E-state index contributed by atoms with van der Waals surface area (Å²) in [6, 6.07) is 10.9. The van der Waals surface area contributed by atoms with Crippen LogP contribution in [0.4, 0.5) is 11.8 Å². The van der Waals surface area contributed by atoms with Gasteiger partial charge in [-0.1, -0.05) is 12.1 Å². The monoisotopic (exact) mass is 311 g/mol. The zero-order chi connectivity index (χ0) is 16.4. The maximum Gasteiger partial charge on any atom is 0.222 e. The number of ether oxygens (including phenoxy) is 1. The van der Waals surface area contributed by atoms with Gasteiger partial charge in [0.15, 0.2) is 17.3 Å². The van der Waals surface area contributed by atoms with E-state index in [-0.39, 0.29) is 11.7 Å². The first-order valence-electron chi connectivity index (χ1n) is 7.12. The Bertz CT molecular complexity index is 866. The molecule has 0 bridgehead atoms. The van der Waals surface area contributed by atoms with E-state index >= 15 is 0 Å². The zero-order valence-corrected chi connectivity index (χ0v) is 12.6. The van der Waals surface area contributed by atoms with Crippen molar-refractivity contribution in [3.8, 4) is 22.6 Å². The normalized spacial score (nSPS) is 10.7. The number of nitrogen functional groups attached to an aromatic ring is 2. The molecule has 0 aliphatic rings. The quantitative estimate of drug-likeness (QED) is 0.431. The van der Waals surface area contributed by atoms with Crippen molar-refractivity contribution in [1.82, 2.24) is 9.97 Å². The van der Waals surface area contributed by atoms with Crippen molar-refractivity contribution < 1.29 is 9.84 Å². The Labute approximate surface area is 132 Å². The van der Waals surface area contributed by atoms with Crippen LogP contribution in [0.15, 0.2) is 36.4 Å². The lowest BCUT2D eigenvalue weighted by atomic mass is 10.0. The molecule has 118 valence electrons. The number of aromatic hydroxyl groups is 1. The fraction of sp³-hybridized carbons (Fsp3) is 0.125. The van der Waals surface area contributed by atoms with Crippen molar-refractivity contribution in [3.05, 3.63) is 36.4 Å². The van der Waals surface area contributed by atoms with Gasteiger partial charge in [0.25, 0.3) is 0 Å². The van der Waals surface area contributed by atoms with Gasteiger partial charge in [-0.2, -0.15) is 4.98 Å². The minimum Gasteiger partial charge on any atom is -0.504 e. The van der Waals surface area contributed by atoms with E-state index in [0.717, 1.165) is 16.5 Å². The molecule has 0 radical (unpaired) electrons. The molecule has 7 heteroatoms. The molecule has 0 spiro atoms. The van der Waals surface area contributed by atoms with Gasteiger partial charge in [0.05, 0.1) is 12.1 Å². The Morgan fingerprint density at radius 1 is 1.13 bits per heavy atom. The first-order chi connectivity index (χ1) is 11.1. The number of anilines is 2. The summed E-state index contributed by atoms with van der Waals surface area (Å²) in [6.07, 6.45) is 0. The first-order valence-corrected chi connectivity index (χ1v) is 7.12. The molecular weight excluding hydrogens is 294 g/mol. The second-order valence-corrected chi connectivity index (χ2v) is 4.92. The van der Waals surface area contributed by atoms with Crippen LogP contribution < -0.4 is 21.7 Å². The highest BCUT2D eigenvalue weighted by atomic mass is 16.5. The minimum atomic E-state index is 0.108. The number of nitrogens with two attached hydrogens (primary N) is 2.